The van der Waals surface area contributed by atoms with Crippen LogP contribution in [-0.4, -0.2) is 37.1 Å². The molecular formula is C21H24FN3O4S. The summed E-state index contributed by atoms with van der Waals surface area (Å²) in [5.41, 5.74) is 5.71. The predicted octanol–water partition coefficient (Wildman–Crippen LogP) is 3.05. The molecule has 1 unspecified atom stereocenters. The van der Waals surface area contributed by atoms with Crippen molar-refractivity contribution in [1.82, 2.24) is 4.31 Å². The van der Waals surface area contributed by atoms with E-state index >= 15 is 0 Å². The third-order valence-corrected chi connectivity index (χ3v) is 7.30. The molecule has 1 fully saturated rings. The molecule has 0 saturated carbocycles. The number of primary amides is 1. The summed E-state index contributed by atoms with van der Waals surface area (Å²) in [5.74, 6) is -2.32. The second kappa shape index (κ2) is 8.53. The van der Waals surface area contributed by atoms with Gasteiger partial charge in [-0.2, -0.15) is 4.31 Å². The van der Waals surface area contributed by atoms with Gasteiger partial charge in [-0.05, 0) is 62.6 Å². The Labute approximate surface area is 175 Å². The van der Waals surface area contributed by atoms with Crippen LogP contribution in [0.25, 0.3) is 0 Å². The minimum absolute atomic E-state index is 0.0453. The predicted molar refractivity (Wildman–Crippen MR) is 111 cm³/mol. The number of sulfonamides is 1. The molecule has 3 N–H and O–H groups in total. The Morgan fingerprint density at radius 3 is 2.53 bits per heavy atom. The number of nitrogens with one attached hydrogen (secondary N) is 1. The van der Waals surface area contributed by atoms with E-state index in [9.17, 15) is 22.4 Å². The van der Waals surface area contributed by atoms with Crippen molar-refractivity contribution in [1.29, 1.82) is 0 Å². The van der Waals surface area contributed by atoms with Gasteiger partial charge in [0.2, 0.25) is 10.0 Å². The number of halogens is 1. The molecule has 2 aromatic carbocycles. The molecule has 1 saturated heterocycles. The van der Waals surface area contributed by atoms with Gasteiger partial charge >= 0.3 is 0 Å². The monoisotopic (exact) mass is 433 g/mol. The topological polar surface area (TPSA) is 110 Å². The molecule has 1 heterocycles. The van der Waals surface area contributed by atoms with Gasteiger partial charge in [0.05, 0.1) is 10.5 Å². The summed E-state index contributed by atoms with van der Waals surface area (Å²) in [4.78, 5) is 24.2. The van der Waals surface area contributed by atoms with Crippen molar-refractivity contribution in [2.24, 2.45) is 5.73 Å². The molecule has 0 aliphatic carbocycles. The summed E-state index contributed by atoms with van der Waals surface area (Å²) in [7, 11) is -3.74. The first-order valence-corrected chi connectivity index (χ1v) is 11.1. The largest absolute Gasteiger partial charge is 0.366 e. The van der Waals surface area contributed by atoms with Gasteiger partial charge in [0.15, 0.2) is 0 Å². The molecule has 1 aliphatic heterocycles. The van der Waals surface area contributed by atoms with Crippen molar-refractivity contribution in [2.75, 3.05) is 11.9 Å². The van der Waals surface area contributed by atoms with E-state index in [1.807, 2.05) is 6.92 Å². The molecule has 9 heteroatoms. The van der Waals surface area contributed by atoms with Crippen molar-refractivity contribution in [3.8, 4) is 0 Å². The Morgan fingerprint density at radius 2 is 1.87 bits per heavy atom. The summed E-state index contributed by atoms with van der Waals surface area (Å²) in [6.07, 6.45) is 2.58. The molecule has 0 spiro atoms. The number of carbonyl (C=O) groups is 2. The third kappa shape index (κ3) is 4.36. The average Bonchev–Trinajstić information content (AvgIpc) is 2.69. The van der Waals surface area contributed by atoms with E-state index in [0.29, 0.717) is 12.1 Å². The van der Waals surface area contributed by atoms with Gasteiger partial charge in [0, 0.05) is 23.8 Å². The molecule has 30 heavy (non-hydrogen) atoms. The molecule has 160 valence electrons. The Hall–Kier alpha value is -2.78. The van der Waals surface area contributed by atoms with Crippen molar-refractivity contribution in [3.05, 3.63) is 58.9 Å². The number of benzene rings is 2. The number of nitrogens with zero attached hydrogens (tertiary/aromatic N) is 1. The first-order valence-electron chi connectivity index (χ1n) is 9.64. The minimum Gasteiger partial charge on any atom is -0.366 e. The van der Waals surface area contributed by atoms with Crippen LogP contribution >= 0.6 is 0 Å². The van der Waals surface area contributed by atoms with E-state index in [1.54, 1.807) is 13.0 Å². The molecule has 3 rings (SSSR count). The highest BCUT2D eigenvalue weighted by molar-refractivity contribution is 7.89. The van der Waals surface area contributed by atoms with Gasteiger partial charge < -0.3 is 11.1 Å². The standard InChI is InChI=1S/C21H24FN3O4S/c1-13-6-8-16(30(28,29)25-10-4-3-5-14(25)2)12-17(13)21(27)24-15-7-9-19(22)18(11-15)20(23)26/h6-9,11-12,14H,3-5,10H2,1-2H3,(H2,23,26)(H,24,27). The summed E-state index contributed by atoms with van der Waals surface area (Å²) in [5, 5.41) is 2.57. The van der Waals surface area contributed by atoms with E-state index in [2.05, 4.69) is 5.32 Å². The van der Waals surface area contributed by atoms with Crippen LogP contribution in [0.15, 0.2) is 41.3 Å². The zero-order valence-corrected chi connectivity index (χ0v) is 17.6. The molecule has 1 atom stereocenters. The molecule has 7 nitrogen and oxygen atoms in total. The lowest BCUT2D eigenvalue weighted by Gasteiger charge is -2.32. The van der Waals surface area contributed by atoms with Crippen LogP contribution < -0.4 is 11.1 Å². The van der Waals surface area contributed by atoms with Gasteiger partial charge in [0.1, 0.15) is 5.82 Å². The SMILES string of the molecule is Cc1ccc(S(=O)(=O)N2CCCCC2C)cc1C(=O)Nc1ccc(F)c(C(N)=O)c1. The summed E-state index contributed by atoms with van der Waals surface area (Å²) < 4.78 is 41.3. The average molecular weight is 434 g/mol. The number of carbonyl (C=O) groups excluding carboxylic acids is 2. The molecular weight excluding hydrogens is 409 g/mol. The Morgan fingerprint density at radius 1 is 1.13 bits per heavy atom. The molecule has 2 aromatic rings. The first kappa shape index (κ1) is 21.9. The van der Waals surface area contributed by atoms with E-state index < -0.39 is 27.7 Å². The van der Waals surface area contributed by atoms with E-state index in [4.69, 9.17) is 5.73 Å². The number of rotatable bonds is 5. The van der Waals surface area contributed by atoms with Crippen LogP contribution in [0.5, 0.6) is 0 Å². The van der Waals surface area contributed by atoms with Crippen LogP contribution in [0, 0.1) is 12.7 Å². The second-order valence-electron chi connectivity index (χ2n) is 7.45. The smallest absolute Gasteiger partial charge is 0.255 e. The van der Waals surface area contributed by atoms with Gasteiger partial charge in [-0.15, -0.1) is 0 Å². The van der Waals surface area contributed by atoms with Gasteiger partial charge in [-0.3, -0.25) is 9.59 Å². The fourth-order valence-electron chi connectivity index (χ4n) is 3.56. The van der Waals surface area contributed by atoms with E-state index in [1.165, 1.54) is 22.5 Å². The number of piperidine rings is 1. The summed E-state index contributed by atoms with van der Waals surface area (Å²) in [6.45, 7) is 4.02. The lowest BCUT2D eigenvalue weighted by molar-refractivity contribution is 0.0992. The van der Waals surface area contributed by atoms with Crippen LogP contribution in [0.4, 0.5) is 10.1 Å². The van der Waals surface area contributed by atoms with Crippen molar-refractivity contribution in [2.45, 2.75) is 44.0 Å². The number of anilines is 1. The number of nitrogens with two attached hydrogens (primary N) is 1. The van der Waals surface area contributed by atoms with E-state index in [-0.39, 0.29) is 27.8 Å². The molecule has 2 amide bonds. The number of hydrogen-bond acceptors (Lipinski definition) is 4. The molecule has 1 aliphatic rings. The van der Waals surface area contributed by atoms with Crippen molar-refractivity contribution in [3.63, 3.8) is 0 Å². The van der Waals surface area contributed by atoms with Gasteiger partial charge in [-0.25, -0.2) is 12.8 Å². The zero-order valence-electron chi connectivity index (χ0n) is 16.8. The summed E-state index contributed by atoms with van der Waals surface area (Å²) >= 11 is 0. The fourth-order valence-corrected chi connectivity index (χ4v) is 5.29. The van der Waals surface area contributed by atoms with Gasteiger partial charge in [0.25, 0.3) is 11.8 Å². The van der Waals surface area contributed by atoms with E-state index in [0.717, 1.165) is 31.4 Å². The Balaban J connectivity index is 1.91. The lowest BCUT2D eigenvalue weighted by Crippen LogP contribution is -2.42. The highest BCUT2D eigenvalue weighted by Gasteiger charge is 2.31. The number of amides is 2. The van der Waals surface area contributed by atoms with Crippen molar-refractivity contribution >= 4 is 27.5 Å². The molecule has 0 aromatic heterocycles. The summed E-state index contributed by atoms with van der Waals surface area (Å²) in [6, 6.07) is 7.78. The number of hydrogen-bond donors (Lipinski definition) is 2. The zero-order chi connectivity index (χ0) is 22.1. The van der Waals surface area contributed by atoms with Crippen LogP contribution in [0.1, 0.15) is 52.5 Å². The number of aryl methyl sites for hydroxylation is 1. The quantitative estimate of drug-likeness (QED) is 0.755. The first-order chi connectivity index (χ1) is 14.1. The normalized spacial score (nSPS) is 17.5. The maximum Gasteiger partial charge on any atom is 0.255 e. The van der Waals surface area contributed by atoms with Crippen LogP contribution in [0.2, 0.25) is 0 Å². The second-order valence-corrected chi connectivity index (χ2v) is 9.34. The highest BCUT2D eigenvalue weighted by Crippen LogP contribution is 2.27. The Kier molecular flexibility index (Phi) is 6.23. The highest BCUT2D eigenvalue weighted by atomic mass is 32.2. The Bertz CT molecular complexity index is 1100. The lowest BCUT2D eigenvalue weighted by atomic mass is 10.1. The van der Waals surface area contributed by atoms with Crippen LogP contribution in [0.3, 0.4) is 0 Å². The molecule has 0 radical (unpaired) electrons. The fraction of sp³-hybridized carbons (Fsp3) is 0.333. The maximum absolute atomic E-state index is 13.7. The third-order valence-electron chi connectivity index (χ3n) is 5.29. The van der Waals surface area contributed by atoms with Crippen molar-refractivity contribution < 1.29 is 22.4 Å². The van der Waals surface area contributed by atoms with Crippen LogP contribution in [-0.2, 0) is 10.0 Å². The van der Waals surface area contributed by atoms with Gasteiger partial charge in [-0.1, -0.05) is 12.5 Å². The molecule has 0 bridgehead atoms. The minimum atomic E-state index is -3.74. The maximum atomic E-state index is 13.7.